The summed E-state index contributed by atoms with van der Waals surface area (Å²) in [5.74, 6) is 0.853. The molecule has 0 aliphatic carbocycles. The molecule has 2 rings (SSSR count). The molecule has 4 nitrogen and oxygen atoms in total. The lowest BCUT2D eigenvalue weighted by Gasteiger charge is -2.42. The molecule has 1 aliphatic heterocycles. The molecule has 0 aromatic heterocycles. The van der Waals surface area contributed by atoms with Crippen LogP contribution >= 0.6 is 11.6 Å². The first-order valence-electron chi connectivity index (χ1n) is 6.54. The van der Waals surface area contributed by atoms with Gasteiger partial charge in [-0.3, -0.25) is 9.69 Å². The Labute approximate surface area is 118 Å². The first kappa shape index (κ1) is 14.2. The molecule has 19 heavy (non-hydrogen) atoms. The van der Waals surface area contributed by atoms with Crippen molar-refractivity contribution >= 4 is 17.5 Å². The lowest BCUT2D eigenvalue weighted by Crippen LogP contribution is -2.60. The van der Waals surface area contributed by atoms with Crippen molar-refractivity contribution in [1.82, 2.24) is 10.2 Å². The summed E-state index contributed by atoms with van der Waals surface area (Å²) >= 11 is 5.90. The Bertz CT molecular complexity index is 447. The van der Waals surface area contributed by atoms with Crippen molar-refractivity contribution < 1.29 is 9.53 Å². The number of carbonyl (C=O) groups is 1. The maximum Gasteiger partial charge on any atom is 0.237 e. The van der Waals surface area contributed by atoms with Gasteiger partial charge in [0, 0.05) is 24.7 Å². The van der Waals surface area contributed by atoms with Crippen LogP contribution in [0.15, 0.2) is 24.3 Å². The van der Waals surface area contributed by atoms with Gasteiger partial charge in [-0.2, -0.15) is 0 Å². The van der Waals surface area contributed by atoms with Gasteiger partial charge >= 0.3 is 0 Å². The number of halogens is 1. The van der Waals surface area contributed by atoms with Crippen LogP contribution in [0.2, 0.25) is 5.02 Å². The van der Waals surface area contributed by atoms with E-state index in [1.807, 2.05) is 32.0 Å². The van der Waals surface area contributed by atoms with Gasteiger partial charge in [-0.25, -0.2) is 0 Å². The second-order valence-electron chi connectivity index (χ2n) is 4.72. The van der Waals surface area contributed by atoms with E-state index in [0.717, 1.165) is 18.8 Å². The molecular formula is C14H19ClN2O2. The van der Waals surface area contributed by atoms with Gasteiger partial charge in [-0.15, -0.1) is 0 Å². The predicted molar refractivity (Wildman–Crippen MR) is 75.6 cm³/mol. The summed E-state index contributed by atoms with van der Waals surface area (Å²) in [5, 5.41) is 3.50. The Hall–Kier alpha value is -1.26. The number of hydrogen-bond donors (Lipinski definition) is 1. The SMILES string of the molecule is CCNC(=O)C(C)N1CC(Oc2cccc(Cl)c2)C1. The largest absolute Gasteiger partial charge is 0.488 e. The van der Waals surface area contributed by atoms with Crippen LogP contribution in [0, 0.1) is 0 Å². The molecule has 104 valence electrons. The van der Waals surface area contributed by atoms with Gasteiger partial charge < -0.3 is 10.1 Å². The van der Waals surface area contributed by atoms with Crippen molar-refractivity contribution in [1.29, 1.82) is 0 Å². The molecule has 0 saturated carbocycles. The molecule has 1 aromatic carbocycles. The van der Waals surface area contributed by atoms with Crippen molar-refractivity contribution in [2.24, 2.45) is 0 Å². The van der Waals surface area contributed by atoms with Gasteiger partial charge in [0.25, 0.3) is 0 Å². The zero-order valence-electron chi connectivity index (χ0n) is 11.2. The Kier molecular flexibility index (Phi) is 4.66. The Balaban J connectivity index is 1.78. The van der Waals surface area contributed by atoms with E-state index in [9.17, 15) is 4.79 Å². The minimum atomic E-state index is -0.0980. The number of nitrogens with one attached hydrogen (secondary N) is 1. The summed E-state index contributed by atoms with van der Waals surface area (Å²) in [5.41, 5.74) is 0. The lowest BCUT2D eigenvalue weighted by atomic mass is 10.1. The van der Waals surface area contributed by atoms with E-state index in [4.69, 9.17) is 16.3 Å². The number of nitrogens with zero attached hydrogens (tertiary/aromatic N) is 1. The second-order valence-corrected chi connectivity index (χ2v) is 5.16. The number of benzene rings is 1. The van der Waals surface area contributed by atoms with Crippen molar-refractivity contribution in [3.05, 3.63) is 29.3 Å². The van der Waals surface area contributed by atoms with E-state index in [0.29, 0.717) is 11.6 Å². The summed E-state index contributed by atoms with van der Waals surface area (Å²) < 4.78 is 5.79. The Morgan fingerprint density at radius 1 is 1.58 bits per heavy atom. The fraction of sp³-hybridized carbons (Fsp3) is 0.500. The number of likely N-dealkylation sites (N-methyl/N-ethyl adjacent to an activating group) is 1. The van der Waals surface area contributed by atoms with E-state index >= 15 is 0 Å². The van der Waals surface area contributed by atoms with Crippen molar-refractivity contribution in [3.63, 3.8) is 0 Å². The van der Waals surface area contributed by atoms with Gasteiger partial charge in [-0.1, -0.05) is 17.7 Å². The smallest absolute Gasteiger partial charge is 0.237 e. The number of hydrogen-bond acceptors (Lipinski definition) is 3. The van der Waals surface area contributed by atoms with Crippen molar-refractivity contribution in [3.8, 4) is 5.75 Å². The van der Waals surface area contributed by atoms with Crippen LogP contribution in [0.3, 0.4) is 0 Å². The molecule has 5 heteroatoms. The highest BCUT2D eigenvalue weighted by molar-refractivity contribution is 6.30. The topological polar surface area (TPSA) is 41.6 Å². The number of rotatable bonds is 5. The number of amides is 1. The van der Waals surface area contributed by atoms with Gasteiger partial charge in [0.15, 0.2) is 0 Å². The fourth-order valence-corrected chi connectivity index (χ4v) is 2.26. The molecule has 1 N–H and O–H groups in total. The molecule has 1 heterocycles. The summed E-state index contributed by atoms with van der Waals surface area (Å²) in [7, 11) is 0. The monoisotopic (exact) mass is 282 g/mol. The zero-order chi connectivity index (χ0) is 13.8. The van der Waals surface area contributed by atoms with Crippen LogP contribution in [0.1, 0.15) is 13.8 Å². The van der Waals surface area contributed by atoms with E-state index in [2.05, 4.69) is 10.2 Å². The molecule has 0 radical (unpaired) electrons. The first-order chi connectivity index (χ1) is 9.10. The molecule has 0 spiro atoms. The highest BCUT2D eigenvalue weighted by Gasteiger charge is 2.34. The minimum absolute atomic E-state index is 0.0729. The number of likely N-dealkylation sites (tertiary alicyclic amines) is 1. The number of ether oxygens (including phenoxy) is 1. The maximum atomic E-state index is 11.7. The molecule has 1 saturated heterocycles. The van der Waals surface area contributed by atoms with Gasteiger partial charge in [0.05, 0.1) is 6.04 Å². The molecule has 1 fully saturated rings. The maximum absolute atomic E-state index is 11.7. The van der Waals surface area contributed by atoms with Crippen LogP contribution in [0.5, 0.6) is 5.75 Å². The van der Waals surface area contributed by atoms with E-state index in [1.165, 1.54) is 0 Å². The Morgan fingerprint density at radius 3 is 2.95 bits per heavy atom. The highest BCUT2D eigenvalue weighted by Crippen LogP contribution is 2.22. The molecule has 0 bridgehead atoms. The summed E-state index contributed by atoms with van der Waals surface area (Å²) in [6, 6.07) is 7.28. The minimum Gasteiger partial charge on any atom is -0.488 e. The molecular weight excluding hydrogens is 264 g/mol. The fourth-order valence-electron chi connectivity index (χ4n) is 2.08. The third kappa shape index (κ3) is 3.61. The third-order valence-corrected chi connectivity index (χ3v) is 3.49. The normalized spacial score (nSPS) is 17.6. The lowest BCUT2D eigenvalue weighted by molar-refractivity contribution is -0.129. The molecule has 1 amide bonds. The second kappa shape index (κ2) is 6.26. The Morgan fingerprint density at radius 2 is 2.32 bits per heavy atom. The standard InChI is InChI=1S/C14H19ClN2O2/c1-3-16-14(18)10(2)17-8-13(9-17)19-12-6-4-5-11(15)7-12/h4-7,10,13H,3,8-9H2,1-2H3,(H,16,18). The average molecular weight is 283 g/mol. The quantitative estimate of drug-likeness (QED) is 0.897. The summed E-state index contributed by atoms with van der Waals surface area (Å²) in [6.07, 6.45) is 0.135. The van der Waals surface area contributed by atoms with Crippen LogP contribution in [0.4, 0.5) is 0 Å². The summed E-state index contributed by atoms with van der Waals surface area (Å²) in [4.78, 5) is 13.8. The molecule has 1 unspecified atom stereocenters. The molecule has 1 aromatic rings. The van der Waals surface area contributed by atoms with Crippen LogP contribution in [-0.2, 0) is 4.79 Å². The highest BCUT2D eigenvalue weighted by atomic mass is 35.5. The van der Waals surface area contributed by atoms with Gasteiger partial charge in [0.1, 0.15) is 11.9 Å². The third-order valence-electron chi connectivity index (χ3n) is 3.25. The van der Waals surface area contributed by atoms with E-state index in [1.54, 1.807) is 6.07 Å². The summed E-state index contributed by atoms with van der Waals surface area (Å²) in [6.45, 7) is 6.04. The van der Waals surface area contributed by atoms with Crippen molar-refractivity contribution in [2.45, 2.75) is 26.0 Å². The van der Waals surface area contributed by atoms with Crippen molar-refractivity contribution in [2.75, 3.05) is 19.6 Å². The average Bonchev–Trinajstić information content (AvgIpc) is 2.33. The predicted octanol–water partition coefficient (Wildman–Crippen LogP) is 1.93. The van der Waals surface area contributed by atoms with Gasteiger partial charge in [0.2, 0.25) is 5.91 Å². The van der Waals surface area contributed by atoms with E-state index in [-0.39, 0.29) is 18.1 Å². The van der Waals surface area contributed by atoms with E-state index < -0.39 is 0 Å². The van der Waals surface area contributed by atoms with Gasteiger partial charge in [-0.05, 0) is 32.0 Å². The molecule has 1 atom stereocenters. The van der Waals surface area contributed by atoms with Crippen LogP contribution in [0.25, 0.3) is 0 Å². The van der Waals surface area contributed by atoms with Crippen LogP contribution in [-0.4, -0.2) is 42.6 Å². The zero-order valence-corrected chi connectivity index (χ0v) is 12.0. The number of carbonyl (C=O) groups excluding carboxylic acids is 1. The first-order valence-corrected chi connectivity index (χ1v) is 6.92. The van der Waals surface area contributed by atoms with Crippen LogP contribution < -0.4 is 10.1 Å². The molecule has 1 aliphatic rings.